The molecule has 0 heterocycles. The highest BCUT2D eigenvalue weighted by Gasteiger charge is 2.16. The van der Waals surface area contributed by atoms with Gasteiger partial charge in [-0.15, -0.1) is 0 Å². The Labute approximate surface area is 288 Å². The Hall–Kier alpha value is -5.88. The number of benzene rings is 8. The van der Waals surface area contributed by atoms with Crippen LogP contribution in [0.3, 0.4) is 0 Å². The first kappa shape index (κ1) is 31.4. The number of nitrogens with one attached hydrogen (secondary N) is 1. The lowest BCUT2D eigenvalue weighted by atomic mass is 9.90. The van der Waals surface area contributed by atoms with Crippen LogP contribution in [-0.2, 0) is 36.7 Å². The maximum atomic E-state index is 12.5. The molecule has 0 aromatic heterocycles. The van der Waals surface area contributed by atoms with E-state index in [0.29, 0.717) is 25.7 Å². The summed E-state index contributed by atoms with van der Waals surface area (Å²) < 4.78 is 10.2. The van der Waals surface area contributed by atoms with E-state index in [9.17, 15) is 14.4 Å². The fourth-order valence-corrected chi connectivity index (χ4v) is 7.56. The van der Waals surface area contributed by atoms with Crippen molar-refractivity contribution in [2.75, 3.05) is 0 Å². The van der Waals surface area contributed by atoms with E-state index in [4.69, 9.17) is 14.9 Å². The van der Waals surface area contributed by atoms with E-state index in [2.05, 4.69) is 109 Å². The van der Waals surface area contributed by atoms with Gasteiger partial charge in [0.25, 0.3) is 0 Å². The number of hydrogen-bond acceptors (Lipinski definition) is 6. The van der Waals surface area contributed by atoms with Gasteiger partial charge < -0.3 is 9.47 Å². The number of hydrogen-bond donors (Lipinski definition) is 1. The van der Waals surface area contributed by atoms with Crippen LogP contribution in [0.2, 0.25) is 0 Å². The van der Waals surface area contributed by atoms with Gasteiger partial charge in [-0.2, -0.15) is 0 Å². The second kappa shape index (κ2) is 13.2. The van der Waals surface area contributed by atoms with Crippen molar-refractivity contribution in [3.63, 3.8) is 0 Å². The maximum Gasteiger partial charge on any atom is 0.313 e. The molecule has 0 aliphatic rings. The summed E-state index contributed by atoms with van der Waals surface area (Å²) in [6, 6.07) is 38.4. The predicted octanol–water partition coefficient (Wildman–Crippen LogP) is 10.2. The summed E-state index contributed by atoms with van der Waals surface area (Å²) >= 11 is 0. The topological polar surface area (TPSA) is 93.5 Å². The van der Waals surface area contributed by atoms with Crippen molar-refractivity contribution in [2.45, 2.75) is 51.4 Å². The number of esters is 3. The monoisotopic (exact) mass is 657 g/mol. The Bertz CT molecular complexity index is 2370. The number of carbonyl (C=O) groups is 3. The zero-order valence-electron chi connectivity index (χ0n) is 27.6. The number of ether oxygens (including phenoxy) is 2. The van der Waals surface area contributed by atoms with Gasteiger partial charge in [0.15, 0.2) is 5.90 Å². The van der Waals surface area contributed by atoms with E-state index in [1.54, 1.807) is 0 Å². The molecule has 0 saturated carbocycles. The van der Waals surface area contributed by atoms with Crippen molar-refractivity contribution in [3.8, 4) is 0 Å². The molecule has 0 radical (unpaired) electrons. The van der Waals surface area contributed by atoms with Crippen LogP contribution >= 0.6 is 0 Å². The molecule has 0 spiro atoms. The van der Waals surface area contributed by atoms with Gasteiger partial charge in [-0.3, -0.25) is 19.8 Å². The third-order valence-corrected chi connectivity index (χ3v) is 9.91. The molecule has 8 aromatic carbocycles. The van der Waals surface area contributed by atoms with Crippen LogP contribution in [0.5, 0.6) is 0 Å². The third-order valence-electron chi connectivity index (χ3n) is 9.91. The van der Waals surface area contributed by atoms with Gasteiger partial charge in [-0.25, -0.2) is 0 Å². The molecule has 0 aliphatic carbocycles. The quantitative estimate of drug-likeness (QED) is 0.0491. The SMILES string of the molecule is N=C(CCC(=O)OC(=O)CCCc1ccc2ccc3cccc4ccc1c2c34)OC(=O)CCCc1ccc2ccc3cccc4ccc1c2c34. The average Bonchev–Trinajstić information content (AvgIpc) is 3.13. The molecular weight excluding hydrogens is 622 g/mol. The van der Waals surface area contributed by atoms with Crippen LogP contribution in [0.25, 0.3) is 64.6 Å². The van der Waals surface area contributed by atoms with E-state index < -0.39 is 17.9 Å². The zero-order chi connectivity index (χ0) is 34.2. The van der Waals surface area contributed by atoms with Gasteiger partial charge in [0.1, 0.15) is 0 Å². The Morgan fingerprint density at radius 3 is 1.28 bits per heavy atom. The summed E-state index contributed by atoms with van der Waals surface area (Å²) in [6.45, 7) is 0. The first-order valence-corrected chi connectivity index (χ1v) is 17.3. The molecule has 0 fully saturated rings. The standard InChI is InChI=1S/C44H35NO5/c45-37(49-38(46)11-3-5-27-13-15-33-19-17-29-7-1-9-31-21-23-35(27)43(33)41(29)31)25-26-40(48)50-39(47)12-4-6-28-14-16-34-20-18-30-8-2-10-32-22-24-36(28)44(34)42(30)32/h1-2,7-10,13-24,45H,3-6,11-12,25-26H2. The molecule has 8 rings (SSSR count). The first-order valence-electron chi connectivity index (χ1n) is 17.3. The molecule has 0 atom stereocenters. The molecule has 6 nitrogen and oxygen atoms in total. The smallest absolute Gasteiger partial charge is 0.313 e. The Morgan fingerprint density at radius 1 is 0.420 bits per heavy atom. The molecule has 0 bridgehead atoms. The molecule has 0 saturated heterocycles. The number of rotatable bonds is 11. The minimum Gasteiger partial charge on any atom is -0.412 e. The highest BCUT2D eigenvalue weighted by Crippen LogP contribution is 2.37. The Balaban J connectivity index is 0.782. The van der Waals surface area contributed by atoms with E-state index in [-0.39, 0.29) is 31.6 Å². The number of carbonyl (C=O) groups excluding carboxylic acids is 3. The fraction of sp³-hybridized carbons (Fsp3) is 0.182. The molecular formula is C44H35NO5. The van der Waals surface area contributed by atoms with E-state index in [0.717, 1.165) is 5.56 Å². The van der Waals surface area contributed by atoms with Crippen LogP contribution < -0.4 is 0 Å². The molecule has 0 amide bonds. The minimum absolute atomic E-state index is 0.103. The highest BCUT2D eigenvalue weighted by molar-refractivity contribution is 6.24. The number of aryl methyl sites for hydroxylation is 2. The molecule has 0 aliphatic heterocycles. The lowest BCUT2D eigenvalue weighted by molar-refractivity contribution is -0.159. The fourth-order valence-electron chi connectivity index (χ4n) is 7.56. The van der Waals surface area contributed by atoms with E-state index >= 15 is 0 Å². The summed E-state index contributed by atoms with van der Waals surface area (Å²) in [5, 5.41) is 22.6. The normalized spacial score (nSPS) is 11.8. The largest absolute Gasteiger partial charge is 0.412 e. The predicted molar refractivity (Wildman–Crippen MR) is 200 cm³/mol. The van der Waals surface area contributed by atoms with Crippen LogP contribution in [0.1, 0.15) is 49.7 Å². The van der Waals surface area contributed by atoms with Gasteiger partial charge >= 0.3 is 17.9 Å². The van der Waals surface area contributed by atoms with E-state index in [1.807, 2.05) is 0 Å². The van der Waals surface area contributed by atoms with Crippen molar-refractivity contribution in [1.29, 1.82) is 5.41 Å². The molecule has 1 N–H and O–H groups in total. The molecule has 0 unspecified atom stereocenters. The van der Waals surface area contributed by atoms with Crippen molar-refractivity contribution in [2.24, 2.45) is 0 Å². The van der Waals surface area contributed by atoms with Gasteiger partial charge in [0, 0.05) is 19.3 Å². The Morgan fingerprint density at radius 2 is 0.800 bits per heavy atom. The van der Waals surface area contributed by atoms with E-state index in [1.165, 1.54) is 70.2 Å². The minimum atomic E-state index is -0.729. The average molecular weight is 658 g/mol. The molecule has 50 heavy (non-hydrogen) atoms. The van der Waals surface area contributed by atoms with Crippen LogP contribution in [-0.4, -0.2) is 23.8 Å². The second-order valence-electron chi connectivity index (χ2n) is 13.1. The lowest BCUT2D eigenvalue weighted by Gasteiger charge is -2.14. The zero-order valence-corrected chi connectivity index (χ0v) is 27.6. The van der Waals surface area contributed by atoms with Gasteiger partial charge in [-0.05, 0) is 101 Å². The van der Waals surface area contributed by atoms with Crippen LogP contribution in [0, 0.1) is 5.41 Å². The van der Waals surface area contributed by atoms with Gasteiger partial charge in [-0.1, -0.05) is 109 Å². The van der Waals surface area contributed by atoms with Gasteiger partial charge in [0.05, 0.1) is 6.42 Å². The summed E-state index contributed by atoms with van der Waals surface area (Å²) in [5.74, 6) is -2.14. The summed E-state index contributed by atoms with van der Waals surface area (Å²) in [6.07, 6.45) is 2.41. The summed E-state index contributed by atoms with van der Waals surface area (Å²) in [5.41, 5.74) is 2.32. The molecule has 6 heteroatoms. The molecule has 8 aromatic rings. The second-order valence-corrected chi connectivity index (χ2v) is 13.1. The van der Waals surface area contributed by atoms with Crippen LogP contribution in [0.15, 0.2) is 109 Å². The van der Waals surface area contributed by atoms with Crippen molar-refractivity contribution >= 4 is 88.4 Å². The van der Waals surface area contributed by atoms with Crippen molar-refractivity contribution in [3.05, 3.63) is 120 Å². The molecule has 246 valence electrons. The summed E-state index contributed by atoms with van der Waals surface area (Å²) in [4.78, 5) is 37.3. The first-order chi connectivity index (χ1) is 24.4. The third kappa shape index (κ3) is 5.98. The van der Waals surface area contributed by atoms with Gasteiger partial charge in [0.2, 0.25) is 0 Å². The van der Waals surface area contributed by atoms with Crippen LogP contribution in [0.4, 0.5) is 0 Å². The lowest BCUT2D eigenvalue weighted by Crippen LogP contribution is -2.16. The van der Waals surface area contributed by atoms with Crippen molar-refractivity contribution in [1.82, 2.24) is 0 Å². The highest BCUT2D eigenvalue weighted by atomic mass is 16.6. The Kier molecular flexibility index (Phi) is 8.29. The maximum absolute atomic E-state index is 12.5. The van der Waals surface area contributed by atoms with Crippen molar-refractivity contribution < 1.29 is 23.9 Å². The summed E-state index contributed by atoms with van der Waals surface area (Å²) in [7, 11) is 0.